The molecular weight excluding hydrogens is 336 g/mol. The quantitative estimate of drug-likeness (QED) is 0.610. The van der Waals surface area contributed by atoms with Crippen molar-refractivity contribution in [1.29, 1.82) is 0 Å². The Morgan fingerprint density at radius 2 is 2.19 bits per heavy atom. The van der Waals surface area contributed by atoms with E-state index in [0.717, 1.165) is 30.7 Å². The zero-order valence-electron chi connectivity index (χ0n) is 15.8. The van der Waals surface area contributed by atoms with Gasteiger partial charge in [-0.05, 0) is 31.7 Å². The van der Waals surface area contributed by atoms with Gasteiger partial charge in [0.25, 0.3) is 0 Å². The Hall–Kier alpha value is -1.93. The highest BCUT2D eigenvalue weighted by Crippen LogP contribution is 2.27. The number of amides is 2. The van der Waals surface area contributed by atoms with Gasteiger partial charge in [-0.2, -0.15) is 5.10 Å². The first-order valence-electron chi connectivity index (χ1n) is 9.22. The Bertz CT molecular complexity index is 590. The monoisotopic (exact) mass is 366 g/mol. The van der Waals surface area contributed by atoms with Gasteiger partial charge in [-0.15, -0.1) is 0 Å². The van der Waals surface area contributed by atoms with Gasteiger partial charge in [0, 0.05) is 26.6 Å². The molecule has 0 spiro atoms. The molecule has 0 aromatic carbocycles. The van der Waals surface area contributed by atoms with E-state index < -0.39 is 0 Å². The van der Waals surface area contributed by atoms with Crippen LogP contribution in [-0.2, 0) is 32.2 Å². The highest BCUT2D eigenvalue weighted by molar-refractivity contribution is 5.79. The van der Waals surface area contributed by atoms with Crippen LogP contribution in [-0.4, -0.2) is 47.9 Å². The third-order valence-corrected chi connectivity index (χ3v) is 4.51. The summed E-state index contributed by atoms with van der Waals surface area (Å²) in [6, 6.07) is 1.75. The summed E-state index contributed by atoms with van der Waals surface area (Å²) in [6.45, 7) is 5.05. The van der Waals surface area contributed by atoms with Gasteiger partial charge in [0.15, 0.2) is 0 Å². The molecule has 2 amide bonds. The van der Waals surface area contributed by atoms with Crippen LogP contribution in [0.15, 0.2) is 6.07 Å². The van der Waals surface area contributed by atoms with Crippen LogP contribution in [0.3, 0.4) is 0 Å². The number of ether oxygens (including phenoxy) is 2. The maximum absolute atomic E-state index is 12.5. The molecule has 0 unspecified atom stereocenters. The Morgan fingerprint density at radius 3 is 2.88 bits per heavy atom. The van der Waals surface area contributed by atoms with Crippen molar-refractivity contribution in [2.24, 2.45) is 5.92 Å². The molecule has 1 heterocycles. The molecule has 0 saturated heterocycles. The Balaban J connectivity index is 1.86. The normalized spacial score (nSPS) is 22.8. The van der Waals surface area contributed by atoms with Crippen molar-refractivity contribution in [3.63, 3.8) is 0 Å². The van der Waals surface area contributed by atoms with Crippen LogP contribution >= 0.6 is 0 Å². The van der Waals surface area contributed by atoms with E-state index in [0.29, 0.717) is 26.2 Å². The van der Waals surface area contributed by atoms with Gasteiger partial charge in [-0.3, -0.25) is 14.7 Å². The lowest BCUT2D eigenvalue weighted by Gasteiger charge is -2.35. The van der Waals surface area contributed by atoms with Crippen molar-refractivity contribution in [2.75, 3.05) is 13.7 Å². The Morgan fingerprint density at radius 1 is 1.38 bits per heavy atom. The average Bonchev–Trinajstić information content (AvgIpc) is 3.06. The van der Waals surface area contributed by atoms with E-state index in [1.54, 1.807) is 7.11 Å². The highest BCUT2D eigenvalue weighted by atomic mass is 16.5. The fourth-order valence-corrected chi connectivity index (χ4v) is 3.31. The second-order valence-electron chi connectivity index (χ2n) is 6.76. The Labute approximate surface area is 154 Å². The lowest BCUT2D eigenvalue weighted by atomic mass is 9.83. The molecule has 8 nitrogen and oxygen atoms in total. The van der Waals surface area contributed by atoms with Gasteiger partial charge >= 0.3 is 0 Å². The van der Waals surface area contributed by atoms with E-state index >= 15 is 0 Å². The third kappa shape index (κ3) is 6.10. The summed E-state index contributed by atoms with van der Waals surface area (Å²) in [5.74, 6) is -0.226. The van der Waals surface area contributed by atoms with E-state index in [1.807, 2.05) is 6.07 Å². The average molecular weight is 366 g/mol. The number of rotatable bonds is 9. The number of nitrogens with one attached hydrogen (secondary N) is 3. The largest absolute Gasteiger partial charge is 0.378 e. The molecule has 0 radical (unpaired) electrons. The summed E-state index contributed by atoms with van der Waals surface area (Å²) in [5.41, 5.74) is 1.64. The van der Waals surface area contributed by atoms with Gasteiger partial charge in [-0.25, -0.2) is 0 Å². The number of aromatic amines is 1. The van der Waals surface area contributed by atoms with Gasteiger partial charge < -0.3 is 20.1 Å². The van der Waals surface area contributed by atoms with E-state index in [9.17, 15) is 9.59 Å². The second-order valence-corrected chi connectivity index (χ2v) is 6.76. The fraction of sp³-hybridized carbons (Fsp3) is 0.722. The summed E-state index contributed by atoms with van der Waals surface area (Å²) >= 11 is 0. The van der Waals surface area contributed by atoms with Crippen molar-refractivity contribution >= 4 is 11.8 Å². The molecule has 3 atom stereocenters. The first-order chi connectivity index (χ1) is 12.5. The minimum atomic E-state index is -0.130. The predicted molar refractivity (Wildman–Crippen MR) is 96.1 cm³/mol. The van der Waals surface area contributed by atoms with E-state index in [-0.39, 0.29) is 29.9 Å². The van der Waals surface area contributed by atoms with Crippen LogP contribution in [0.5, 0.6) is 0 Å². The Kier molecular flexibility index (Phi) is 8.06. The number of H-pyrrole nitrogens is 1. The molecule has 0 bridgehead atoms. The highest BCUT2D eigenvalue weighted by Gasteiger charge is 2.34. The van der Waals surface area contributed by atoms with Gasteiger partial charge in [0.2, 0.25) is 11.8 Å². The van der Waals surface area contributed by atoms with Crippen molar-refractivity contribution < 1.29 is 19.1 Å². The van der Waals surface area contributed by atoms with Crippen molar-refractivity contribution in [1.82, 2.24) is 20.8 Å². The lowest BCUT2D eigenvalue weighted by molar-refractivity contribution is -0.130. The molecular formula is C18H30N4O4. The standard InChI is InChI=1S/C18H30N4O4/c1-4-7-26-17-6-5-13(8-16(17)20-12(2)23)18(24)19-10-14-9-15(11-25-3)22-21-14/h9,13,16-17H,4-8,10-11H2,1-3H3,(H,19,24)(H,20,23)(H,21,22)/t13-,16+,17+/m0/s1. The van der Waals surface area contributed by atoms with Gasteiger partial charge in [-0.1, -0.05) is 6.92 Å². The summed E-state index contributed by atoms with van der Waals surface area (Å²) in [7, 11) is 1.61. The van der Waals surface area contributed by atoms with Crippen molar-refractivity contribution in [2.45, 2.75) is 64.8 Å². The molecule has 1 aromatic rings. The topological polar surface area (TPSA) is 105 Å². The zero-order chi connectivity index (χ0) is 18.9. The van der Waals surface area contributed by atoms with Crippen LogP contribution in [0.1, 0.15) is 50.9 Å². The van der Waals surface area contributed by atoms with E-state index in [1.165, 1.54) is 6.92 Å². The number of hydrogen-bond acceptors (Lipinski definition) is 5. The summed E-state index contributed by atoms with van der Waals surface area (Å²) in [6.07, 6.45) is 3.03. The third-order valence-electron chi connectivity index (χ3n) is 4.51. The maximum atomic E-state index is 12.5. The van der Waals surface area contributed by atoms with Crippen LogP contribution in [0.2, 0.25) is 0 Å². The number of methoxy groups -OCH3 is 1. The molecule has 146 valence electrons. The molecule has 1 aliphatic rings. The lowest BCUT2D eigenvalue weighted by Crippen LogP contribution is -2.50. The van der Waals surface area contributed by atoms with Gasteiger partial charge in [0.05, 0.1) is 36.7 Å². The summed E-state index contributed by atoms with van der Waals surface area (Å²) in [4.78, 5) is 24.0. The maximum Gasteiger partial charge on any atom is 0.223 e. The molecule has 8 heteroatoms. The molecule has 1 saturated carbocycles. The molecule has 26 heavy (non-hydrogen) atoms. The fourth-order valence-electron chi connectivity index (χ4n) is 3.31. The number of nitrogens with zero attached hydrogens (tertiary/aromatic N) is 1. The van der Waals surface area contributed by atoms with E-state index in [2.05, 4.69) is 27.8 Å². The molecule has 2 rings (SSSR count). The first-order valence-corrected chi connectivity index (χ1v) is 9.22. The minimum Gasteiger partial charge on any atom is -0.378 e. The van der Waals surface area contributed by atoms with Crippen LogP contribution in [0, 0.1) is 5.92 Å². The molecule has 3 N–H and O–H groups in total. The van der Waals surface area contributed by atoms with Crippen molar-refractivity contribution in [3.8, 4) is 0 Å². The number of aromatic nitrogens is 2. The molecule has 1 aromatic heterocycles. The summed E-state index contributed by atoms with van der Waals surface area (Å²) in [5, 5.41) is 12.9. The number of carbonyl (C=O) groups is 2. The van der Waals surface area contributed by atoms with Crippen molar-refractivity contribution in [3.05, 3.63) is 17.5 Å². The number of carbonyl (C=O) groups excluding carboxylic acids is 2. The van der Waals surface area contributed by atoms with Gasteiger partial charge in [0.1, 0.15) is 0 Å². The SMILES string of the molecule is CCCO[C@@H]1CC[C@H](C(=O)NCc2cc(COC)n[nH]2)C[C@H]1NC(C)=O. The number of hydrogen-bond donors (Lipinski definition) is 3. The second kappa shape index (κ2) is 10.3. The molecule has 1 aliphatic carbocycles. The predicted octanol–water partition coefficient (Wildman–Crippen LogP) is 1.27. The minimum absolute atomic E-state index is 0.00261. The summed E-state index contributed by atoms with van der Waals surface area (Å²) < 4.78 is 10.9. The van der Waals surface area contributed by atoms with Crippen LogP contribution in [0.25, 0.3) is 0 Å². The van der Waals surface area contributed by atoms with Crippen LogP contribution in [0.4, 0.5) is 0 Å². The molecule has 1 fully saturated rings. The smallest absolute Gasteiger partial charge is 0.223 e. The van der Waals surface area contributed by atoms with E-state index in [4.69, 9.17) is 9.47 Å². The zero-order valence-corrected chi connectivity index (χ0v) is 15.8. The molecule has 0 aliphatic heterocycles. The van der Waals surface area contributed by atoms with Crippen LogP contribution < -0.4 is 10.6 Å². The first kappa shape index (κ1) is 20.4.